The van der Waals surface area contributed by atoms with Crippen LogP contribution in [0.15, 0.2) is 65.1 Å². The SMILES string of the molecule is CCC[C@H](NC(=O)c1ccc(CNC(=O)OCC2c3ccccc3-c3ccccc32)o1)C(=O)O. The van der Waals surface area contributed by atoms with E-state index in [1.807, 2.05) is 43.3 Å². The summed E-state index contributed by atoms with van der Waals surface area (Å²) in [6.45, 7) is 2.06. The summed E-state index contributed by atoms with van der Waals surface area (Å²) in [7, 11) is 0. The lowest BCUT2D eigenvalue weighted by Crippen LogP contribution is -2.40. The summed E-state index contributed by atoms with van der Waals surface area (Å²) < 4.78 is 10.9. The Morgan fingerprint density at radius 3 is 2.26 bits per heavy atom. The van der Waals surface area contributed by atoms with Crippen LogP contribution in [-0.2, 0) is 16.1 Å². The van der Waals surface area contributed by atoms with E-state index in [9.17, 15) is 19.5 Å². The average molecular weight is 463 g/mol. The first-order valence-corrected chi connectivity index (χ1v) is 11.2. The van der Waals surface area contributed by atoms with Crippen LogP contribution >= 0.6 is 0 Å². The third kappa shape index (κ3) is 4.96. The molecule has 0 aliphatic heterocycles. The van der Waals surface area contributed by atoms with E-state index in [0.717, 1.165) is 22.3 Å². The summed E-state index contributed by atoms with van der Waals surface area (Å²) in [5, 5.41) is 14.2. The van der Waals surface area contributed by atoms with E-state index in [0.29, 0.717) is 18.6 Å². The van der Waals surface area contributed by atoms with Gasteiger partial charge in [0.1, 0.15) is 18.4 Å². The summed E-state index contributed by atoms with van der Waals surface area (Å²) in [4.78, 5) is 35.8. The Hall–Kier alpha value is -4.07. The summed E-state index contributed by atoms with van der Waals surface area (Å²) >= 11 is 0. The third-order valence-corrected chi connectivity index (χ3v) is 5.82. The predicted octanol–water partition coefficient (Wildman–Crippen LogP) is 4.30. The summed E-state index contributed by atoms with van der Waals surface area (Å²) in [6, 6.07) is 18.2. The first kappa shape index (κ1) is 23.1. The molecule has 0 saturated carbocycles. The van der Waals surface area contributed by atoms with E-state index >= 15 is 0 Å². The monoisotopic (exact) mass is 462 g/mol. The number of benzene rings is 2. The van der Waals surface area contributed by atoms with Crippen molar-refractivity contribution >= 4 is 18.0 Å². The van der Waals surface area contributed by atoms with Crippen molar-refractivity contribution in [2.24, 2.45) is 0 Å². The maximum absolute atomic E-state index is 12.3. The molecule has 1 atom stereocenters. The van der Waals surface area contributed by atoms with E-state index in [-0.39, 0.29) is 24.8 Å². The van der Waals surface area contributed by atoms with E-state index in [1.54, 1.807) is 6.07 Å². The number of carbonyl (C=O) groups excluding carboxylic acids is 2. The van der Waals surface area contributed by atoms with Gasteiger partial charge in [-0.15, -0.1) is 0 Å². The number of furan rings is 1. The van der Waals surface area contributed by atoms with Gasteiger partial charge in [-0.05, 0) is 40.8 Å². The Morgan fingerprint density at radius 1 is 1.00 bits per heavy atom. The average Bonchev–Trinajstić information content (AvgIpc) is 3.44. The normalized spacial score (nSPS) is 13.0. The molecular formula is C26H26N2O6. The zero-order valence-electron chi connectivity index (χ0n) is 18.7. The van der Waals surface area contributed by atoms with Gasteiger partial charge in [0.15, 0.2) is 5.76 Å². The van der Waals surface area contributed by atoms with Crippen LogP contribution < -0.4 is 10.6 Å². The Balaban J connectivity index is 1.30. The first-order chi connectivity index (χ1) is 16.5. The van der Waals surface area contributed by atoms with Gasteiger partial charge in [0.05, 0.1) is 6.54 Å². The molecule has 1 heterocycles. The fourth-order valence-electron chi connectivity index (χ4n) is 4.18. The van der Waals surface area contributed by atoms with Gasteiger partial charge in [-0.2, -0.15) is 0 Å². The topological polar surface area (TPSA) is 118 Å². The Bertz CT molecular complexity index is 1160. The van der Waals surface area contributed by atoms with Gasteiger partial charge in [-0.3, -0.25) is 4.79 Å². The molecule has 0 fully saturated rings. The van der Waals surface area contributed by atoms with Gasteiger partial charge < -0.3 is 24.9 Å². The molecule has 0 spiro atoms. The number of rotatable bonds is 9. The molecule has 0 radical (unpaired) electrons. The Kier molecular flexibility index (Phi) is 6.96. The highest BCUT2D eigenvalue weighted by molar-refractivity contribution is 5.94. The van der Waals surface area contributed by atoms with Crippen molar-refractivity contribution in [3.8, 4) is 11.1 Å². The fourth-order valence-corrected chi connectivity index (χ4v) is 4.18. The van der Waals surface area contributed by atoms with Crippen LogP contribution in [0.25, 0.3) is 11.1 Å². The second kappa shape index (κ2) is 10.2. The third-order valence-electron chi connectivity index (χ3n) is 5.82. The van der Waals surface area contributed by atoms with Crippen LogP contribution in [-0.4, -0.2) is 35.7 Å². The van der Waals surface area contributed by atoms with Gasteiger partial charge in [0.25, 0.3) is 5.91 Å². The molecule has 8 heteroatoms. The molecule has 0 bridgehead atoms. The number of aliphatic carboxylic acids is 1. The van der Waals surface area contributed by atoms with Crippen LogP contribution in [0.1, 0.15) is 53.1 Å². The molecular weight excluding hydrogens is 436 g/mol. The van der Waals surface area contributed by atoms with Crippen molar-refractivity contribution in [3.05, 3.63) is 83.3 Å². The van der Waals surface area contributed by atoms with Crippen LogP contribution in [0.3, 0.4) is 0 Å². The molecule has 3 N–H and O–H groups in total. The molecule has 2 aromatic carbocycles. The predicted molar refractivity (Wildman–Crippen MR) is 124 cm³/mol. The smallest absolute Gasteiger partial charge is 0.407 e. The Morgan fingerprint density at radius 2 is 1.65 bits per heavy atom. The molecule has 2 amide bonds. The zero-order valence-corrected chi connectivity index (χ0v) is 18.7. The minimum atomic E-state index is -1.10. The summed E-state index contributed by atoms with van der Waals surface area (Å²) in [5.74, 6) is -1.43. The highest BCUT2D eigenvalue weighted by Crippen LogP contribution is 2.44. The van der Waals surface area contributed by atoms with Crippen LogP contribution in [0.2, 0.25) is 0 Å². The molecule has 1 aliphatic carbocycles. The maximum Gasteiger partial charge on any atom is 0.407 e. The van der Waals surface area contributed by atoms with Crippen molar-refractivity contribution in [2.75, 3.05) is 6.61 Å². The summed E-state index contributed by atoms with van der Waals surface area (Å²) in [6.07, 6.45) is 0.334. The minimum Gasteiger partial charge on any atom is -0.480 e. The van der Waals surface area contributed by atoms with Gasteiger partial charge in [-0.25, -0.2) is 9.59 Å². The van der Waals surface area contributed by atoms with Crippen molar-refractivity contribution in [2.45, 2.75) is 38.3 Å². The molecule has 4 rings (SSSR count). The quantitative estimate of drug-likeness (QED) is 0.436. The summed E-state index contributed by atoms with van der Waals surface area (Å²) in [5.41, 5.74) is 4.55. The molecule has 176 valence electrons. The Labute approximate surface area is 196 Å². The second-order valence-electron chi connectivity index (χ2n) is 8.10. The van der Waals surface area contributed by atoms with Crippen molar-refractivity contribution in [3.63, 3.8) is 0 Å². The number of nitrogens with one attached hydrogen (secondary N) is 2. The highest BCUT2D eigenvalue weighted by atomic mass is 16.5. The molecule has 3 aromatic rings. The van der Waals surface area contributed by atoms with Crippen molar-refractivity contribution < 1.29 is 28.6 Å². The molecule has 0 unspecified atom stereocenters. The van der Waals surface area contributed by atoms with E-state index in [2.05, 4.69) is 22.8 Å². The van der Waals surface area contributed by atoms with E-state index in [4.69, 9.17) is 9.15 Å². The molecule has 1 aliphatic rings. The van der Waals surface area contributed by atoms with Crippen LogP contribution in [0.4, 0.5) is 4.79 Å². The molecule has 8 nitrogen and oxygen atoms in total. The first-order valence-electron chi connectivity index (χ1n) is 11.2. The number of carboxylic acids is 1. The van der Waals surface area contributed by atoms with E-state index < -0.39 is 24.0 Å². The number of hydrogen-bond acceptors (Lipinski definition) is 5. The van der Waals surface area contributed by atoms with E-state index in [1.165, 1.54) is 6.07 Å². The van der Waals surface area contributed by atoms with Crippen molar-refractivity contribution in [1.29, 1.82) is 0 Å². The number of hydrogen-bond donors (Lipinski definition) is 3. The van der Waals surface area contributed by atoms with Gasteiger partial charge in [0, 0.05) is 5.92 Å². The number of carboxylic acid groups (broad SMARTS) is 1. The van der Waals surface area contributed by atoms with Gasteiger partial charge in [0.2, 0.25) is 0 Å². The largest absolute Gasteiger partial charge is 0.480 e. The number of amides is 2. The number of fused-ring (bicyclic) bond motifs is 3. The lowest BCUT2D eigenvalue weighted by Gasteiger charge is -2.14. The lowest BCUT2D eigenvalue weighted by atomic mass is 9.98. The zero-order chi connectivity index (χ0) is 24.1. The number of alkyl carbamates (subject to hydrolysis) is 1. The second-order valence-corrected chi connectivity index (χ2v) is 8.10. The fraction of sp³-hybridized carbons (Fsp3) is 0.269. The minimum absolute atomic E-state index is 0.0216. The van der Waals surface area contributed by atoms with Crippen molar-refractivity contribution in [1.82, 2.24) is 10.6 Å². The number of carbonyl (C=O) groups is 3. The number of ether oxygens (including phenoxy) is 1. The lowest BCUT2D eigenvalue weighted by molar-refractivity contribution is -0.139. The molecule has 0 saturated heterocycles. The van der Waals surface area contributed by atoms with Gasteiger partial charge >= 0.3 is 12.1 Å². The van der Waals surface area contributed by atoms with Crippen LogP contribution in [0, 0.1) is 0 Å². The maximum atomic E-state index is 12.3. The van der Waals surface area contributed by atoms with Gasteiger partial charge in [-0.1, -0.05) is 61.9 Å². The standard InChI is InChI=1S/C26H26N2O6/c1-2-7-22(25(30)31)28-24(29)23-13-12-16(34-23)14-27-26(32)33-15-21-19-10-5-3-8-17(19)18-9-4-6-11-20(18)21/h3-6,8-13,21-22H,2,7,14-15H2,1H3,(H,27,32)(H,28,29)(H,30,31)/t22-/m0/s1. The molecule has 1 aromatic heterocycles. The van der Waals surface area contributed by atoms with Crippen LogP contribution in [0.5, 0.6) is 0 Å². The highest BCUT2D eigenvalue weighted by Gasteiger charge is 2.29. The molecule has 34 heavy (non-hydrogen) atoms.